The summed E-state index contributed by atoms with van der Waals surface area (Å²) in [5.41, 5.74) is 3.96. The molecule has 3 N–H and O–H groups in total. The Morgan fingerprint density at radius 3 is 2.05 bits per heavy atom. The molecule has 0 spiro atoms. The molecule has 2 heterocycles. The van der Waals surface area contributed by atoms with Crippen LogP contribution in [0.25, 0.3) is 0 Å². The third-order valence-corrected chi connectivity index (χ3v) is 8.85. The van der Waals surface area contributed by atoms with Crippen molar-refractivity contribution >= 4 is 27.2 Å². The molecule has 1 saturated heterocycles. The first-order valence-corrected chi connectivity index (χ1v) is 14.3. The normalized spacial score (nSPS) is 22.5. The lowest BCUT2D eigenvalue weighted by Gasteiger charge is -2.47. The van der Waals surface area contributed by atoms with Crippen LogP contribution in [0.1, 0.15) is 18.1 Å². The zero-order valence-corrected chi connectivity index (χ0v) is 22.4. The maximum Gasteiger partial charge on any atom is 0.573 e. The summed E-state index contributed by atoms with van der Waals surface area (Å²) in [5, 5.41) is 11.7. The number of piperidine rings is 1. The Hall–Kier alpha value is -3.61. The lowest BCUT2D eigenvalue weighted by molar-refractivity contribution is -0.274. The van der Waals surface area contributed by atoms with E-state index in [-0.39, 0.29) is 23.9 Å². The second-order valence-electron chi connectivity index (χ2n) is 9.91. The van der Waals surface area contributed by atoms with Crippen LogP contribution >= 0.6 is 0 Å². The van der Waals surface area contributed by atoms with Crippen LogP contribution in [-0.2, 0) is 27.6 Å². The summed E-state index contributed by atoms with van der Waals surface area (Å²) < 4.78 is 66.2. The highest BCUT2D eigenvalue weighted by Gasteiger charge is 2.43. The van der Waals surface area contributed by atoms with Gasteiger partial charge in [0.05, 0.1) is 23.1 Å². The third-order valence-electron chi connectivity index (χ3n) is 7.28. The van der Waals surface area contributed by atoms with E-state index in [2.05, 4.69) is 9.46 Å². The number of aliphatic hydroxyl groups is 1. The van der Waals surface area contributed by atoms with Crippen molar-refractivity contribution in [1.82, 2.24) is 9.62 Å². The number of rotatable bonds is 5. The van der Waals surface area contributed by atoms with Gasteiger partial charge in [-0.15, -0.1) is 13.2 Å². The van der Waals surface area contributed by atoms with Crippen molar-refractivity contribution in [1.29, 1.82) is 4.78 Å². The zero-order chi connectivity index (χ0) is 28.7. The number of para-hydroxylation sites is 2. The van der Waals surface area contributed by atoms with Gasteiger partial charge in [0.25, 0.3) is 0 Å². The Labute approximate surface area is 230 Å². The minimum absolute atomic E-state index is 0.00469. The van der Waals surface area contributed by atoms with Gasteiger partial charge in [-0.3, -0.25) is 4.79 Å². The van der Waals surface area contributed by atoms with E-state index in [1.54, 1.807) is 4.90 Å². The molecule has 12 heteroatoms. The molecule has 0 aliphatic carbocycles. The number of halogens is 3. The van der Waals surface area contributed by atoms with Crippen molar-refractivity contribution in [2.45, 2.75) is 49.2 Å². The highest BCUT2D eigenvalue weighted by atomic mass is 32.2. The van der Waals surface area contributed by atoms with Crippen LogP contribution in [0.2, 0.25) is 0 Å². The van der Waals surface area contributed by atoms with Gasteiger partial charge in [-0.1, -0.05) is 36.4 Å². The van der Waals surface area contributed by atoms with Crippen LogP contribution in [-0.4, -0.2) is 57.8 Å². The summed E-state index contributed by atoms with van der Waals surface area (Å²) in [4.78, 5) is 16.1. The number of likely N-dealkylation sites (tertiary alicyclic amines) is 1. The number of anilines is 2. The molecule has 212 valence electrons. The first-order valence-electron chi connectivity index (χ1n) is 12.7. The highest BCUT2D eigenvalue weighted by Crippen LogP contribution is 2.39. The average molecular weight is 575 g/mol. The number of amides is 1. The molecule has 40 heavy (non-hydrogen) atoms. The van der Waals surface area contributed by atoms with E-state index in [9.17, 15) is 27.3 Å². The standard InChI is InChI=1S/C28H29F3N4O4S/c1-18(36)34-16-23(33-40(32,38)22-14-12-21(13-15-22)39-28(29,30)31)27(37)26(17-34)35-24-8-4-2-6-19(24)10-11-20-7-3-5-9-25(20)35/h2-9,12-15,23,26-27,37H,10-11,16-17H2,1H3,(H2,32,33,38). The maximum absolute atomic E-state index is 13.5. The van der Waals surface area contributed by atoms with Crippen molar-refractivity contribution in [2.24, 2.45) is 0 Å². The molecule has 2 aliphatic heterocycles. The van der Waals surface area contributed by atoms with Gasteiger partial charge in [0.1, 0.15) is 15.7 Å². The number of nitrogens with zero attached hydrogens (tertiary/aromatic N) is 2. The fourth-order valence-corrected chi connectivity index (χ4v) is 6.70. The maximum atomic E-state index is 13.5. The molecule has 3 aromatic carbocycles. The summed E-state index contributed by atoms with van der Waals surface area (Å²) in [5.74, 6) is -0.754. The molecule has 4 atom stereocenters. The highest BCUT2D eigenvalue weighted by molar-refractivity contribution is 7.90. The lowest BCUT2D eigenvalue weighted by Crippen LogP contribution is -2.65. The molecule has 1 amide bonds. The van der Waals surface area contributed by atoms with Crippen molar-refractivity contribution in [3.05, 3.63) is 83.9 Å². The van der Waals surface area contributed by atoms with E-state index in [1.807, 2.05) is 53.4 Å². The number of nitrogens with one attached hydrogen (secondary N) is 2. The Kier molecular flexibility index (Phi) is 7.51. The van der Waals surface area contributed by atoms with Crippen molar-refractivity contribution in [3.63, 3.8) is 0 Å². The van der Waals surface area contributed by atoms with Crippen molar-refractivity contribution in [2.75, 3.05) is 18.0 Å². The fourth-order valence-electron chi connectivity index (χ4n) is 5.41. The van der Waals surface area contributed by atoms with Gasteiger partial charge in [-0.25, -0.2) is 13.7 Å². The molecule has 2 aliphatic rings. The van der Waals surface area contributed by atoms with Crippen LogP contribution in [0.15, 0.2) is 77.7 Å². The largest absolute Gasteiger partial charge is 0.573 e. The number of hydrogen-bond acceptors (Lipinski definition) is 6. The second kappa shape index (κ2) is 10.8. The Morgan fingerprint density at radius 2 is 1.52 bits per heavy atom. The van der Waals surface area contributed by atoms with Crippen LogP contribution < -0.4 is 14.4 Å². The summed E-state index contributed by atoms with van der Waals surface area (Å²) in [6.07, 6.45) is -4.46. The number of ether oxygens (including phenoxy) is 1. The number of carbonyl (C=O) groups excluding carboxylic acids is 1. The topological polar surface area (TPSA) is 106 Å². The van der Waals surface area contributed by atoms with E-state index in [0.717, 1.165) is 59.6 Å². The molecule has 5 rings (SSSR count). The first-order chi connectivity index (χ1) is 18.9. The minimum atomic E-state index is -4.88. The van der Waals surface area contributed by atoms with E-state index in [1.165, 1.54) is 6.92 Å². The molecule has 1 fully saturated rings. The van der Waals surface area contributed by atoms with Gasteiger partial charge >= 0.3 is 6.36 Å². The Balaban J connectivity index is 1.49. The van der Waals surface area contributed by atoms with Crippen molar-refractivity contribution in [3.8, 4) is 5.75 Å². The minimum Gasteiger partial charge on any atom is -0.406 e. The van der Waals surface area contributed by atoms with Crippen molar-refractivity contribution < 1.29 is 32.0 Å². The quantitative estimate of drug-likeness (QED) is 0.419. The number of aryl methyl sites for hydroxylation is 2. The molecule has 4 unspecified atom stereocenters. The van der Waals surface area contributed by atoms with Gasteiger partial charge in [0, 0.05) is 31.4 Å². The average Bonchev–Trinajstić information content (AvgIpc) is 3.06. The summed E-state index contributed by atoms with van der Waals surface area (Å²) in [6, 6.07) is 18.3. The number of benzene rings is 3. The molecule has 0 radical (unpaired) electrons. The molecule has 0 aromatic heterocycles. The number of aliphatic hydroxyl groups excluding tert-OH is 1. The van der Waals surface area contributed by atoms with E-state index in [4.69, 9.17) is 4.78 Å². The summed E-state index contributed by atoms with van der Waals surface area (Å²) in [6.45, 7) is 1.60. The number of hydrogen-bond donors (Lipinski definition) is 3. The summed E-state index contributed by atoms with van der Waals surface area (Å²) in [7, 11) is -3.79. The van der Waals surface area contributed by atoms with Crippen LogP contribution in [0.5, 0.6) is 5.75 Å². The van der Waals surface area contributed by atoms with Gasteiger partial charge in [0.2, 0.25) is 5.91 Å². The Bertz CT molecular complexity index is 1450. The molecular formula is C28H29F3N4O4S. The molecule has 3 aromatic rings. The van der Waals surface area contributed by atoms with Gasteiger partial charge in [-0.05, 0) is 60.4 Å². The monoisotopic (exact) mass is 574 g/mol. The van der Waals surface area contributed by atoms with Gasteiger partial charge in [0.15, 0.2) is 0 Å². The van der Waals surface area contributed by atoms with Gasteiger partial charge in [-0.2, -0.15) is 0 Å². The SMILES string of the molecule is CC(=O)N1CC(NS(=N)(=O)c2ccc(OC(F)(F)F)cc2)C(O)C(N2c3ccccc3CCc3ccccc32)C1. The van der Waals surface area contributed by atoms with E-state index >= 15 is 0 Å². The predicted molar refractivity (Wildman–Crippen MR) is 144 cm³/mol. The number of carbonyl (C=O) groups is 1. The van der Waals surface area contributed by atoms with Crippen LogP contribution in [0.4, 0.5) is 24.5 Å². The third kappa shape index (κ3) is 5.79. The molecule has 0 bridgehead atoms. The molecule has 8 nitrogen and oxygen atoms in total. The molecule has 0 saturated carbocycles. The zero-order valence-electron chi connectivity index (χ0n) is 21.6. The number of fused-ring (bicyclic) bond motifs is 2. The van der Waals surface area contributed by atoms with Gasteiger partial charge < -0.3 is 19.6 Å². The number of alkyl halides is 3. The smallest absolute Gasteiger partial charge is 0.406 e. The lowest BCUT2D eigenvalue weighted by atomic mass is 9.94. The van der Waals surface area contributed by atoms with Crippen LogP contribution in [0.3, 0.4) is 0 Å². The fraction of sp³-hybridized carbons (Fsp3) is 0.321. The summed E-state index contributed by atoms with van der Waals surface area (Å²) >= 11 is 0. The Morgan fingerprint density at radius 1 is 0.975 bits per heavy atom. The van der Waals surface area contributed by atoms with E-state index in [0.29, 0.717) is 0 Å². The second-order valence-corrected chi connectivity index (χ2v) is 11.7. The van der Waals surface area contributed by atoms with Crippen LogP contribution in [0, 0.1) is 4.78 Å². The predicted octanol–water partition coefficient (Wildman–Crippen LogP) is 4.39. The van der Waals surface area contributed by atoms with E-state index < -0.39 is 40.2 Å². The molecular weight excluding hydrogens is 545 g/mol. The first kappa shape index (κ1) is 27.9.